The van der Waals surface area contributed by atoms with Crippen molar-refractivity contribution in [2.45, 2.75) is 71.8 Å². The number of imidazole rings is 1. The second-order valence-electron chi connectivity index (χ2n) is 4.71. The minimum atomic E-state index is -0.670. The van der Waals surface area contributed by atoms with E-state index in [9.17, 15) is 4.79 Å². The molecule has 0 aliphatic rings. The van der Waals surface area contributed by atoms with Crippen LogP contribution >= 0.6 is 0 Å². The maximum absolute atomic E-state index is 10.0. The average Bonchev–Trinajstić information content (AvgIpc) is 2.89. The van der Waals surface area contributed by atoms with Gasteiger partial charge < -0.3 is 9.67 Å². The van der Waals surface area contributed by atoms with Gasteiger partial charge >= 0.3 is 5.97 Å². The number of hydrogen-bond donors (Lipinski definition) is 1. The first-order chi connectivity index (χ1) is 9.20. The Bertz CT molecular complexity index is 297. The van der Waals surface area contributed by atoms with E-state index in [1.807, 2.05) is 18.7 Å². The van der Waals surface area contributed by atoms with Gasteiger partial charge in [0.1, 0.15) is 0 Å². The SMILES string of the molecule is CCCCCCCC(=O)O.CCCCn1ccnc1. The molecule has 0 amide bonds. The maximum Gasteiger partial charge on any atom is 0.303 e. The molecular weight excluding hydrogens is 240 g/mol. The van der Waals surface area contributed by atoms with Gasteiger partial charge in [0, 0.05) is 25.4 Å². The highest BCUT2D eigenvalue weighted by atomic mass is 16.4. The van der Waals surface area contributed by atoms with Crippen molar-refractivity contribution in [1.29, 1.82) is 0 Å². The lowest BCUT2D eigenvalue weighted by atomic mass is 10.1. The Kier molecular flexibility index (Phi) is 12.2. The van der Waals surface area contributed by atoms with E-state index in [-0.39, 0.29) is 0 Å². The number of hydrogen-bond acceptors (Lipinski definition) is 2. The largest absolute Gasteiger partial charge is 0.481 e. The molecule has 0 saturated carbocycles. The Hall–Kier alpha value is -1.32. The van der Waals surface area contributed by atoms with Crippen molar-refractivity contribution >= 4 is 5.97 Å². The van der Waals surface area contributed by atoms with E-state index in [0.29, 0.717) is 6.42 Å². The van der Waals surface area contributed by atoms with E-state index < -0.39 is 5.97 Å². The van der Waals surface area contributed by atoms with Crippen molar-refractivity contribution in [2.24, 2.45) is 0 Å². The standard InChI is InChI=1S/C8H16O2.C7H12N2/c1-2-3-4-5-6-7-8(9)10;1-2-3-5-9-6-4-8-7-9/h2-7H2,1H3,(H,9,10);4,6-7H,2-3,5H2,1H3. The van der Waals surface area contributed by atoms with E-state index in [1.165, 1.54) is 32.1 Å². The summed E-state index contributed by atoms with van der Waals surface area (Å²) in [6, 6.07) is 0. The second kappa shape index (κ2) is 13.1. The van der Waals surface area contributed by atoms with Gasteiger partial charge in [-0.3, -0.25) is 4.79 Å². The van der Waals surface area contributed by atoms with Gasteiger partial charge in [-0.15, -0.1) is 0 Å². The molecule has 0 aliphatic carbocycles. The highest BCUT2D eigenvalue weighted by Gasteiger charge is 1.94. The van der Waals surface area contributed by atoms with Gasteiger partial charge in [0.05, 0.1) is 6.33 Å². The quantitative estimate of drug-likeness (QED) is 0.685. The van der Waals surface area contributed by atoms with Crippen LogP contribution in [0.5, 0.6) is 0 Å². The molecular formula is C15H28N2O2. The molecule has 0 bridgehead atoms. The van der Waals surface area contributed by atoms with E-state index in [0.717, 1.165) is 19.4 Å². The Labute approximate surface area is 116 Å². The molecule has 4 heteroatoms. The van der Waals surface area contributed by atoms with Crippen LogP contribution in [0.25, 0.3) is 0 Å². The summed E-state index contributed by atoms with van der Waals surface area (Å²) in [6.45, 7) is 5.45. The van der Waals surface area contributed by atoms with Crippen LogP contribution in [0.3, 0.4) is 0 Å². The first kappa shape index (κ1) is 17.7. The predicted octanol–water partition coefficient (Wildman–Crippen LogP) is 4.11. The number of carboxylic acid groups (broad SMARTS) is 1. The number of aryl methyl sites for hydroxylation is 1. The van der Waals surface area contributed by atoms with E-state index >= 15 is 0 Å². The first-order valence-corrected chi connectivity index (χ1v) is 7.38. The third-order valence-corrected chi connectivity index (χ3v) is 2.82. The van der Waals surface area contributed by atoms with E-state index in [1.54, 1.807) is 0 Å². The van der Waals surface area contributed by atoms with Crippen molar-refractivity contribution in [3.63, 3.8) is 0 Å². The van der Waals surface area contributed by atoms with Crippen LogP contribution in [0.2, 0.25) is 0 Å². The Balaban J connectivity index is 0.000000342. The van der Waals surface area contributed by atoms with Crippen LogP contribution in [-0.2, 0) is 11.3 Å². The van der Waals surface area contributed by atoms with Gasteiger partial charge in [0.15, 0.2) is 0 Å². The molecule has 0 spiro atoms. The van der Waals surface area contributed by atoms with E-state index in [4.69, 9.17) is 5.11 Å². The minimum absolute atomic E-state index is 0.337. The predicted molar refractivity (Wildman–Crippen MR) is 78.1 cm³/mol. The molecule has 4 nitrogen and oxygen atoms in total. The number of carboxylic acids is 1. The lowest BCUT2D eigenvalue weighted by Gasteiger charge is -1.96. The molecule has 1 aromatic heterocycles. The Morgan fingerprint density at radius 1 is 1.11 bits per heavy atom. The zero-order valence-corrected chi connectivity index (χ0v) is 12.3. The molecule has 0 fully saturated rings. The zero-order chi connectivity index (χ0) is 14.3. The van der Waals surface area contributed by atoms with Crippen LogP contribution in [0.15, 0.2) is 18.7 Å². The number of nitrogens with zero attached hydrogens (tertiary/aromatic N) is 2. The molecule has 1 aromatic rings. The summed E-state index contributed by atoms with van der Waals surface area (Å²) in [4.78, 5) is 14.0. The van der Waals surface area contributed by atoms with Crippen molar-refractivity contribution < 1.29 is 9.90 Å². The smallest absolute Gasteiger partial charge is 0.303 e. The molecule has 1 heterocycles. The Morgan fingerprint density at radius 2 is 1.79 bits per heavy atom. The number of carbonyl (C=O) groups is 1. The number of aromatic nitrogens is 2. The molecule has 1 rings (SSSR count). The average molecular weight is 268 g/mol. The second-order valence-corrected chi connectivity index (χ2v) is 4.71. The van der Waals surface area contributed by atoms with Crippen LogP contribution in [-0.4, -0.2) is 20.6 Å². The molecule has 110 valence electrons. The van der Waals surface area contributed by atoms with Gasteiger partial charge in [-0.1, -0.05) is 46.0 Å². The Morgan fingerprint density at radius 3 is 2.32 bits per heavy atom. The summed E-state index contributed by atoms with van der Waals surface area (Å²) in [5.41, 5.74) is 0. The van der Waals surface area contributed by atoms with Crippen LogP contribution in [0.1, 0.15) is 65.2 Å². The summed E-state index contributed by atoms with van der Waals surface area (Å²) in [7, 11) is 0. The number of rotatable bonds is 9. The zero-order valence-electron chi connectivity index (χ0n) is 12.3. The molecule has 0 unspecified atom stereocenters. The maximum atomic E-state index is 10.0. The van der Waals surface area contributed by atoms with Gasteiger partial charge in [-0.2, -0.15) is 0 Å². The lowest BCUT2D eigenvalue weighted by Crippen LogP contribution is -1.93. The summed E-state index contributed by atoms with van der Waals surface area (Å²) in [6.07, 6.45) is 14.0. The van der Waals surface area contributed by atoms with Crippen molar-refractivity contribution in [3.8, 4) is 0 Å². The fourth-order valence-corrected chi connectivity index (χ4v) is 1.64. The normalized spacial score (nSPS) is 9.79. The summed E-state index contributed by atoms with van der Waals surface area (Å²) < 4.78 is 2.10. The van der Waals surface area contributed by atoms with Crippen molar-refractivity contribution in [2.75, 3.05) is 0 Å². The highest BCUT2D eigenvalue weighted by Crippen LogP contribution is 2.04. The topological polar surface area (TPSA) is 55.1 Å². The summed E-state index contributed by atoms with van der Waals surface area (Å²) in [5.74, 6) is -0.670. The molecule has 0 saturated heterocycles. The molecule has 19 heavy (non-hydrogen) atoms. The molecule has 0 aromatic carbocycles. The van der Waals surface area contributed by atoms with Crippen LogP contribution in [0, 0.1) is 0 Å². The molecule has 0 radical (unpaired) electrons. The summed E-state index contributed by atoms with van der Waals surface area (Å²) >= 11 is 0. The van der Waals surface area contributed by atoms with Gasteiger partial charge in [-0.25, -0.2) is 4.98 Å². The first-order valence-electron chi connectivity index (χ1n) is 7.38. The van der Waals surface area contributed by atoms with Crippen molar-refractivity contribution in [1.82, 2.24) is 9.55 Å². The van der Waals surface area contributed by atoms with Gasteiger partial charge in [0.25, 0.3) is 0 Å². The minimum Gasteiger partial charge on any atom is -0.481 e. The number of unbranched alkanes of at least 4 members (excludes halogenated alkanes) is 5. The van der Waals surface area contributed by atoms with Gasteiger partial charge in [0.2, 0.25) is 0 Å². The van der Waals surface area contributed by atoms with Crippen LogP contribution in [0.4, 0.5) is 0 Å². The van der Waals surface area contributed by atoms with Crippen molar-refractivity contribution in [3.05, 3.63) is 18.7 Å². The van der Waals surface area contributed by atoms with Crippen LogP contribution < -0.4 is 0 Å². The molecule has 1 N–H and O–H groups in total. The fourth-order valence-electron chi connectivity index (χ4n) is 1.64. The lowest BCUT2D eigenvalue weighted by molar-refractivity contribution is -0.137. The van der Waals surface area contributed by atoms with Gasteiger partial charge in [-0.05, 0) is 12.8 Å². The third-order valence-electron chi connectivity index (χ3n) is 2.82. The molecule has 0 atom stereocenters. The third kappa shape index (κ3) is 12.9. The summed E-state index contributed by atoms with van der Waals surface area (Å²) in [5, 5.41) is 8.27. The number of aliphatic carboxylic acids is 1. The molecule has 0 aliphatic heterocycles. The fraction of sp³-hybridized carbons (Fsp3) is 0.733. The van der Waals surface area contributed by atoms with E-state index in [2.05, 4.69) is 23.4 Å². The monoisotopic (exact) mass is 268 g/mol. The highest BCUT2D eigenvalue weighted by molar-refractivity contribution is 5.66.